The van der Waals surface area contributed by atoms with Gasteiger partial charge in [0.1, 0.15) is 11.0 Å². The van der Waals surface area contributed by atoms with Crippen LogP contribution in [0, 0.1) is 0 Å². The van der Waals surface area contributed by atoms with Gasteiger partial charge in [0.15, 0.2) is 0 Å². The Morgan fingerprint density at radius 1 is 1.24 bits per heavy atom. The van der Waals surface area contributed by atoms with Gasteiger partial charge in [0, 0.05) is 24.2 Å². The molecule has 4 aromatic rings. The minimum atomic E-state index is 0.889. The maximum absolute atomic E-state index is 4.61. The third kappa shape index (κ3) is 1.15. The smallest absolute Gasteiger partial charge is 0.264 e. The number of aromatic nitrogens is 5. The Morgan fingerprint density at radius 3 is 3.05 bits per heavy atom. The minimum absolute atomic E-state index is 0.889. The van der Waals surface area contributed by atoms with E-state index in [0.29, 0.717) is 0 Å². The van der Waals surface area contributed by atoms with Crippen molar-refractivity contribution in [3.8, 4) is 11.4 Å². The summed E-state index contributed by atoms with van der Waals surface area (Å²) in [6.07, 6.45) is 5.69. The normalized spacial score (nSPS) is 13.0. The van der Waals surface area contributed by atoms with Gasteiger partial charge in [-0.2, -0.15) is 0 Å². The van der Waals surface area contributed by atoms with E-state index < -0.39 is 0 Å². The molecule has 21 heavy (non-hydrogen) atoms. The van der Waals surface area contributed by atoms with Gasteiger partial charge in [0.2, 0.25) is 11.3 Å². The van der Waals surface area contributed by atoms with Gasteiger partial charge in [0.05, 0.1) is 26.2 Å². The summed E-state index contributed by atoms with van der Waals surface area (Å²) in [5, 5.41) is 0. The fourth-order valence-corrected chi connectivity index (χ4v) is 3.66. The molecular weight excluding hydrogens is 262 g/mol. The van der Waals surface area contributed by atoms with Crippen LogP contribution in [0.2, 0.25) is 0 Å². The highest BCUT2D eigenvalue weighted by Gasteiger charge is 2.34. The van der Waals surface area contributed by atoms with E-state index in [9.17, 15) is 0 Å². The van der Waals surface area contributed by atoms with Crippen molar-refractivity contribution in [3.63, 3.8) is 0 Å². The minimum Gasteiger partial charge on any atom is -0.264 e. The van der Waals surface area contributed by atoms with E-state index in [1.165, 1.54) is 33.6 Å². The predicted octanol–water partition coefficient (Wildman–Crippen LogP) is 1.78. The SMILES string of the molecule is Cn1c2cccnc2c2c1[n+](C)c1n2Cc2ccncc2-1. The van der Waals surface area contributed by atoms with Crippen LogP contribution >= 0.6 is 0 Å². The summed E-state index contributed by atoms with van der Waals surface area (Å²) in [4.78, 5) is 8.90. The monoisotopic (exact) mass is 276 g/mol. The number of imidazole rings is 1. The average molecular weight is 276 g/mol. The second-order valence-corrected chi connectivity index (χ2v) is 5.60. The molecule has 0 aromatic carbocycles. The van der Waals surface area contributed by atoms with Gasteiger partial charge >= 0.3 is 0 Å². The van der Waals surface area contributed by atoms with E-state index in [1.54, 1.807) is 0 Å². The molecule has 0 bridgehead atoms. The Labute approximate surface area is 121 Å². The number of aryl methyl sites for hydroxylation is 2. The van der Waals surface area contributed by atoms with Crippen molar-refractivity contribution < 1.29 is 4.57 Å². The number of hydrogen-bond acceptors (Lipinski definition) is 2. The molecule has 0 unspecified atom stereocenters. The van der Waals surface area contributed by atoms with Gasteiger partial charge in [-0.15, -0.1) is 0 Å². The van der Waals surface area contributed by atoms with Crippen LogP contribution in [0.3, 0.4) is 0 Å². The standard InChI is InChI=1S/C16H14N5/c1-19-12-4-3-6-18-13(12)14-16(19)20(2)15-11-8-17-7-5-10(11)9-21(14)15/h3-8H,9H2,1-2H3/q+1. The molecule has 1 aliphatic rings. The molecule has 0 fully saturated rings. The molecule has 5 rings (SSSR count). The molecule has 0 aliphatic carbocycles. The van der Waals surface area contributed by atoms with E-state index in [2.05, 4.69) is 49.9 Å². The zero-order valence-electron chi connectivity index (χ0n) is 11.9. The molecule has 5 heterocycles. The third-order valence-corrected chi connectivity index (χ3v) is 4.54. The number of rotatable bonds is 0. The predicted molar refractivity (Wildman–Crippen MR) is 79.7 cm³/mol. The lowest BCUT2D eigenvalue weighted by molar-refractivity contribution is -0.636. The average Bonchev–Trinajstić information content (AvgIpc) is 3.11. The van der Waals surface area contributed by atoms with Crippen molar-refractivity contribution in [2.75, 3.05) is 0 Å². The van der Waals surface area contributed by atoms with Crippen molar-refractivity contribution in [2.45, 2.75) is 6.54 Å². The fraction of sp³-hybridized carbons (Fsp3) is 0.188. The third-order valence-electron chi connectivity index (χ3n) is 4.54. The first-order valence-electron chi connectivity index (χ1n) is 7.02. The van der Waals surface area contributed by atoms with E-state index in [-0.39, 0.29) is 0 Å². The Kier molecular flexibility index (Phi) is 1.83. The summed E-state index contributed by atoms with van der Waals surface area (Å²) < 4.78 is 6.83. The van der Waals surface area contributed by atoms with Crippen molar-refractivity contribution >= 4 is 22.2 Å². The van der Waals surface area contributed by atoms with Gasteiger partial charge in [-0.1, -0.05) is 0 Å². The highest BCUT2D eigenvalue weighted by Crippen LogP contribution is 2.35. The van der Waals surface area contributed by atoms with Crippen LogP contribution in [0.1, 0.15) is 5.56 Å². The zero-order valence-corrected chi connectivity index (χ0v) is 11.9. The first kappa shape index (κ1) is 11.0. The van der Waals surface area contributed by atoms with Crippen LogP contribution in [0.4, 0.5) is 0 Å². The lowest BCUT2D eigenvalue weighted by Crippen LogP contribution is -2.31. The Balaban J connectivity index is 2.03. The molecule has 0 spiro atoms. The molecular formula is C16H14N5+. The molecule has 5 heteroatoms. The molecule has 4 aromatic heterocycles. The molecule has 0 atom stereocenters. The topological polar surface area (TPSA) is 39.5 Å². The summed E-state index contributed by atoms with van der Waals surface area (Å²) in [7, 11) is 4.22. The van der Waals surface area contributed by atoms with Crippen LogP contribution < -0.4 is 4.57 Å². The van der Waals surface area contributed by atoms with Gasteiger partial charge in [-0.3, -0.25) is 9.55 Å². The Morgan fingerprint density at radius 2 is 2.14 bits per heavy atom. The first-order chi connectivity index (χ1) is 10.3. The van der Waals surface area contributed by atoms with Crippen molar-refractivity contribution in [1.82, 2.24) is 19.1 Å². The van der Waals surface area contributed by atoms with E-state index in [1.807, 2.05) is 24.7 Å². The van der Waals surface area contributed by atoms with Gasteiger partial charge in [0.25, 0.3) is 5.65 Å². The fourth-order valence-electron chi connectivity index (χ4n) is 3.66. The van der Waals surface area contributed by atoms with Crippen LogP contribution in [-0.4, -0.2) is 19.1 Å². The maximum atomic E-state index is 4.61. The number of pyridine rings is 2. The van der Waals surface area contributed by atoms with E-state index in [0.717, 1.165) is 12.1 Å². The molecule has 0 amide bonds. The van der Waals surface area contributed by atoms with Crippen LogP contribution in [0.15, 0.2) is 36.8 Å². The summed E-state index contributed by atoms with van der Waals surface area (Å²) in [6, 6.07) is 6.22. The van der Waals surface area contributed by atoms with Crippen LogP contribution in [0.5, 0.6) is 0 Å². The van der Waals surface area contributed by atoms with Gasteiger partial charge in [-0.05, 0) is 18.2 Å². The Hall–Kier alpha value is -2.69. The maximum Gasteiger partial charge on any atom is 0.270 e. The highest BCUT2D eigenvalue weighted by atomic mass is 15.2. The lowest BCUT2D eigenvalue weighted by Gasteiger charge is -1.98. The van der Waals surface area contributed by atoms with Crippen molar-refractivity contribution in [3.05, 3.63) is 42.4 Å². The Bertz CT molecular complexity index is 1040. The summed E-state index contributed by atoms with van der Waals surface area (Å²) in [5.74, 6) is 1.21. The number of fused-ring (bicyclic) bond motifs is 7. The summed E-state index contributed by atoms with van der Waals surface area (Å²) in [6.45, 7) is 0.889. The summed E-state index contributed by atoms with van der Waals surface area (Å²) >= 11 is 0. The molecule has 0 saturated carbocycles. The molecule has 0 N–H and O–H groups in total. The molecule has 0 saturated heterocycles. The molecule has 5 nitrogen and oxygen atoms in total. The largest absolute Gasteiger partial charge is 0.270 e. The molecule has 102 valence electrons. The van der Waals surface area contributed by atoms with E-state index >= 15 is 0 Å². The number of nitrogens with zero attached hydrogens (tertiary/aromatic N) is 5. The van der Waals surface area contributed by atoms with Gasteiger partial charge < -0.3 is 0 Å². The lowest BCUT2D eigenvalue weighted by atomic mass is 10.2. The molecule has 1 aliphatic heterocycles. The molecule has 0 radical (unpaired) electrons. The second-order valence-electron chi connectivity index (χ2n) is 5.60. The van der Waals surface area contributed by atoms with Gasteiger partial charge in [-0.25, -0.2) is 14.1 Å². The van der Waals surface area contributed by atoms with Crippen molar-refractivity contribution in [2.24, 2.45) is 14.1 Å². The quantitative estimate of drug-likeness (QED) is 0.404. The van der Waals surface area contributed by atoms with Crippen LogP contribution in [-0.2, 0) is 20.6 Å². The highest BCUT2D eigenvalue weighted by molar-refractivity contribution is 6.02. The zero-order chi connectivity index (χ0) is 14.1. The first-order valence-corrected chi connectivity index (χ1v) is 7.02. The van der Waals surface area contributed by atoms with E-state index in [4.69, 9.17) is 0 Å². The van der Waals surface area contributed by atoms with Crippen LogP contribution in [0.25, 0.3) is 33.6 Å². The summed E-state index contributed by atoms with van der Waals surface area (Å²) in [5.41, 5.74) is 7.20. The van der Waals surface area contributed by atoms with Crippen molar-refractivity contribution in [1.29, 1.82) is 0 Å². The second kappa shape index (κ2) is 3.49. The number of hydrogen-bond donors (Lipinski definition) is 0.